The van der Waals surface area contributed by atoms with Gasteiger partial charge in [-0.25, -0.2) is 4.39 Å². The molecule has 2 fully saturated rings. The standard InChI is InChI=1S/C18H21FN4O3S/c19-13-7-3-4-8-14(13)20-18(27)22-21-15(24)9-10-23-16(25)11-5-1-2-6-12(11)17(23)26/h3-4,7-8,11-12H,1-2,5-6,9-10H2,(H,21,24)(H2,20,22,27)/t11-,12-/m0/s1. The third-order valence-electron chi connectivity index (χ3n) is 4.93. The van der Waals surface area contributed by atoms with Crippen LogP contribution in [0.3, 0.4) is 0 Å². The molecule has 1 aromatic rings. The first-order valence-electron chi connectivity index (χ1n) is 8.93. The van der Waals surface area contributed by atoms with Gasteiger partial charge in [0.05, 0.1) is 17.5 Å². The number of nitrogens with one attached hydrogen (secondary N) is 3. The average molecular weight is 392 g/mol. The number of likely N-dealkylation sites (tertiary alicyclic amines) is 1. The van der Waals surface area contributed by atoms with Crippen molar-refractivity contribution in [3.8, 4) is 0 Å². The summed E-state index contributed by atoms with van der Waals surface area (Å²) in [6, 6.07) is 5.99. The Morgan fingerprint density at radius 3 is 2.37 bits per heavy atom. The minimum Gasteiger partial charge on any atom is -0.329 e. The molecule has 7 nitrogen and oxygen atoms in total. The van der Waals surface area contributed by atoms with E-state index in [2.05, 4.69) is 16.2 Å². The molecule has 3 amide bonds. The van der Waals surface area contributed by atoms with Crippen molar-refractivity contribution in [2.75, 3.05) is 11.9 Å². The van der Waals surface area contributed by atoms with Crippen LogP contribution in [0.2, 0.25) is 0 Å². The van der Waals surface area contributed by atoms with Gasteiger partial charge in [0.2, 0.25) is 17.7 Å². The van der Waals surface area contributed by atoms with Crippen molar-refractivity contribution in [1.29, 1.82) is 0 Å². The molecule has 3 N–H and O–H groups in total. The van der Waals surface area contributed by atoms with Crippen LogP contribution in [0.1, 0.15) is 32.1 Å². The van der Waals surface area contributed by atoms with Gasteiger partial charge in [0, 0.05) is 13.0 Å². The molecule has 3 rings (SSSR count). The van der Waals surface area contributed by atoms with Crippen LogP contribution in [0.4, 0.5) is 10.1 Å². The number of imide groups is 1. The van der Waals surface area contributed by atoms with Crippen molar-refractivity contribution in [3.63, 3.8) is 0 Å². The summed E-state index contributed by atoms with van der Waals surface area (Å²) in [5.74, 6) is -1.66. The van der Waals surface area contributed by atoms with Crippen LogP contribution in [0.15, 0.2) is 24.3 Å². The van der Waals surface area contributed by atoms with Crippen molar-refractivity contribution >= 4 is 40.7 Å². The van der Waals surface area contributed by atoms with Gasteiger partial charge in [0.1, 0.15) is 5.82 Å². The van der Waals surface area contributed by atoms with E-state index in [1.807, 2.05) is 0 Å². The highest BCUT2D eigenvalue weighted by Gasteiger charge is 2.47. The first kappa shape index (κ1) is 19.2. The highest BCUT2D eigenvalue weighted by molar-refractivity contribution is 7.80. The first-order valence-corrected chi connectivity index (χ1v) is 9.34. The summed E-state index contributed by atoms with van der Waals surface area (Å²) in [6.45, 7) is 0.0473. The summed E-state index contributed by atoms with van der Waals surface area (Å²) in [7, 11) is 0. The topological polar surface area (TPSA) is 90.5 Å². The molecule has 144 valence electrons. The molecule has 0 spiro atoms. The largest absolute Gasteiger partial charge is 0.329 e. The minimum atomic E-state index is -0.472. The molecule has 1 heterocycles. The molecule has 0 bridgehead atoms. The van der Waals surface area contributed by atoms with Crippen molar-refractivity contribution in [2.45, 2.75) is 32.1 Å². The number of hydrogen-bond acceptors (Lipinski definition) is 4. The Morgan fingerprint density at radius 1 is 1.11 bits per heavy atom. The molecule has 1 aliphatic heterocycles. The highest BCUT2D eigenvalue weighted by atomic mass is 32.1. The maximum absolute atomic E-state index is 13.5. The third-order valence-corrected chi connectivity index (χ3v) is 5.14. The molecular weight excluding hydrogens is 371 g/mol. The second-order valence-corrected chi connectivity index (χ2v) is 7.09. The summed E-state index contributed by atoms with van der Waals surface area (Å²) in [6.07, 6.45) is 3.38. The van der Waals surface area contributed by atoms with E-state index in [0.717, 1.165) is 25.7 Å². The number of hydrazine groups is 1. The Kier molecular flexibility index (Phi) is 6.00. The van der Waals surface area contributed by atoms with E-state index >= 15 is 0 Å². The van der Waals surface area contributed by atoms with E-state index in [1.54, 1.807) is 12.1 Å². The SMILES string of the molecule is O=C(CCN1C(=O)[C@H]2CCCC[C@@H]2C1=O)NNC(=S)Nc1ccccc1F. The fourth-order valence-corrected chi connectivity index (χ4v) is 3.73. The number of carbonyl (C=O) groups excluding carboxylic acids is 3. The molecule has 2 aliphatic rings. The lowest BCUT2D eigenvalue weighted by Gasteiger charge is -2.19. The summed E-state index contributed by atoms with van der Waals surface area (Å²) in [5.41, 5.74) is 5.03. The number of halogens is 1. The lowest BCUT2D eigenvalue weighted by molar-refractivity contribution is -0.140. The van der Waals surface area contributed by atoms with E-state index in [-0.39, 0.29) is 47.4 Å². The Hall–Kier alpha value is -2.55. The van der Waals surface area contributed by atoms with E-state index in [9.17, 15) is 18.8 Å². The number of amides is 3. The molecule has 1 aromatic carbocycles. The van der Waals surface area contributed by atoms with Gasteiger partial charge in [-0.15, -0.1) is 0 Å². The van der Waals surface area contributed by atoms with Gasteiger partial charge in [-0.3, -0.25) is 30.1 Å². The molecule has 0 unspecified atom stereocenters. The molecule has 0 aromatic heterocycles. The van der Waals surface area contributed by atoms with Gasteiger partial charge in [0.15, 0.2) is 5.11 Å². The normalized spacial score (nSPS) is 21.6. The number of benzene rings is 1. The summed E-state index contributed by atoms with van der Waals surface area (Å²) < 4.78 is 13.5. The second-order valence-electron chi connectivity index (χ2n) is 6.68. The van der Waals surface area contributed by atoms with Crippen molar-refractivity contribution < 1.29 is 18.8 Å². The first-order chi connectivity index (χ1) is 13.0. The number of anilines is 1. The van der Waals surface area contributed by atoms with Crippen LogP contribution in [0.5, 0.6) is 0 Å². The van der Waals surface area contributed by atoms with E-state index in [1.165, 1.54) is 17.0 Å². The van der Waals surface area contributed by atoms with Gasteiger partial charge in [0.25, 0.3) is 0 Å². The number of carbonyl (C=O) groups is 3. The van der Waals surface area contributed by atoms with Gasteiger partial charge >= 0.3 is 0 Å². The monoisotopic (exact) mass is 392 g/mol. The van der Waals surface area contributed by atoms with Crippen molar-refractivity contribution in [3.05, 3.63) is 30.1 Å². The van der Waals surface area contributed by atoms with E-state index < -0.39 is 11.7 Å². The molecular formula is C18H21FN4O3S. The molecule has 2 atom stereocenters. The Bertz CT molecular complexity index is 749. The number of hydrogen-bond donors (Lipinski definition) is 3. The minimum absolute atomic E-state index is 0.0211. The Labute approximate surface area is 161 Å². The Morgan fingerprint density at radius 2 is 1.74 bits per heavy atom. The smallest absolute Gasteiger partial charge is 0.240 e. The van der Waals surface area contributed by atoms with Crippen LogP contribution in [0.25, 0.3) is 0 Å². The second kappa shape index (κ2) is 8.43. The molecule has 1 aliphatic carbocycles. The number of thiocarbonyl (C=S) groups is 1. The van der Waals surface area contributed by atoms with Crippen molar-refractivity contribution in [1.82, 2.24) is 15.8 Å². The predicted molar refractivity (Wildman–Crippen MR) is 101 cm³/mol. The van der Waals surface area contributed by atoms with Gasteiger partial charge in [-0.2, -0.15) is 0 Å². The Balaban J connectivity index is 1.43. The zero-order valence-corrected chi connectivity index (χ0v) is 15.5. The van der Waals surface area contributed by atoms with Crippen LogP contribution < -0.4 is 16.2 Å². The van der Waals surface area contributed by atoms with Crippen LogP contribution >= 0.6 is 12.2 Å². The number of nitrogens with zero attached hydrogens (tertiary/aromatic N) is 1. The van der Waals surface area contributed by atoms with Crippen LogP contribution in [0, 0.1) is 17.7 Å². The summed E-state index contributed by atoms with van der Waals surface area (Å²) in [5, 5.41) is 2.64. The lowest BCUT2D eigenvalue weighted by atomic mass is 9.81. The molecule has 1 saturated heterocycles. The molecule has 0 radical (unpaired) electrons. The maximum atomic E-state index is 13.5. The highest BCUT2D eigenvalue weighted by Crippen LogP contribution is 2.37. The number of fused-ring (bicyclic) bond motifs is 1. The average Bonchev–Trinajstić information content (AvgIpc) is 2.91. The summed E-state index contributed by atoms with van der Waals surface area (Å²) >= 11 is 4.99. The van der Waals surface area contributed by atoms with Gasteiger partial charge < -0.3 is 5.32 Å². The predicted octanol–water partition coefficient (Wildman–Crippen LogP) is 1.71. The maximum Gasteiger partial charge on any atom is 0.240 e. The molecule has 1 saturated carbocycles. The zero-order valence-electron chi connectivity index (χ0n) is 14.7. The van der Waals surface area contributed by atoms with Crippen LogP contribution in [-0.4, -0.2) is 34.3 Å². The van der Waals surface area contributed by atoms with Gasteiger partial charge in [-0.1, -0.05) is 25.0 Å². The zero-order chi connectivity index (χ0) is 19.4. The number of rotatable bonds is 4. The van der Waals surface area contributed by atoms with Crippen molar-refractivity contribution in [2.24, 2.45) is 11.8 Å². The van der Waals surface area contributed by atoms with Crippen LogP contribution in [-0.2, 0) is 14.4 Å². The van der Waals surface area contributed by atoms with E-state index in [0.29, 0.717) is 0 Å². The molecule has 27 heavy (non-hydrogen) atoms. The fourth-order valence-electron chi connectivity index (χ4n) is 3.57. The van der Waals surface area contributed by atoms with Gasteiger partial charge in [-0.05, 0) is 37.2 Å². The number of para-hydroxylation sites is 1. The quantitative estimate of drug-likeness (QED) is 0.411. The summed E-state index contributed by atoms with van der Waals surface area (Å²) in [4.78, 5) is 37.9. The molecule has 9 heteroatoms. The lowest BCUT2D eigenvalue weighted by Crippen LogP contribution is -2.45. The third kappa shape index (κ3) is 4.41. The van der Waals surface area contributed by atoms with E-state index in [4.69, 9.17) is 12.2 Å². The fraction of sp³-hybridized carbons (Fsp3) is 0.444.